The largest absolute Gasteiger partial charge is 0.386 e. The molecule has 8 aromatic rings. The molecule has 0 unspecified atom stereocenters. The third-order valence-electron chi connectivity index (χ3n) is 11.1. The number of hydrogen-bond donors (Lipinski definition) is 2. The number of rotatable bonds is 9. The number of nitrogens with zero attached hydrogens (tertiary/aromatic N) is 2. The van der Waals surface area contributed by atoms with Crippen molar-refractivity contribution in [2.24, 2.45) is 4.99 Å². The van der Waals surface area contributed by atoms with Gasteiger partial charge in [-0.05, 0) is 120 Å². The average molecular weight is 726 g/mol. The van der Waals surface area contributed by atoms with E-state index < -0.39 is 0 Å². The molecule has 0 atom stereocenters. The molecule has 0 bridgehead atoms. The van der Waals surface area contributed by atoms with Gasteiger partial charge in [-0.25, -0.2) is 0 Å². The maximum Gasteiger partial charge on any atom is 0.0868 e. The number of hydroxylamine groups is 1. The molecule has 0 spiro atoms. The van der Waals surface area contributed by atoms with Gasteiger partial charge in [-0.1, -0.05) is 152 Å². The van der Waals surface area contributed by atoms with Crippen LogP contribution in [0.25, 0.3) is 66.3 Å². The molecule has 9 rings (SSSR count). The maximum atomic E-state index is 10.2. The molecule has 4 heteroatoms. The summed E-state index contributed by atoms with van der Waals surface area (Å²) >= 11 is 0. The van der Waals surface area contributed by atoms with E-state index in [1.165, 1.54) is 60.1 Å². The Hall–Kier alpha value is -6.75. The fourth-order valence-corrected chi connectivity index (χ4v) is 8.27. The fourth-order valence-electron chi connectivity index (χ4n) is 8.27. The molecule has 0 aromatic heterocycles. The van der Waals surface area contributed by atoms with Gasteiger partial charge in [-0.15, -0.1) is 0 Å². The quantitative estimate of drug-likeness (QED) is 0.0885. The van der Waals surface area contributed by atoms with Crippen LogP contribution in [-0.2, 0) is 12.8 Å². The van der Waals surface area contributed by atoms with Crippen molar-refractivity contribution in [2.75, 3.05) is 24.5 Å². The number of allylic oxidation sites excluding steroid dienone is 2. The first kappa shape index (κ1) is 35.0. The summed E-state index contributed by atoms with van der Waals surface area (Å²) < 4.78 is 0. The molecule has 56 heavy (non-hydrogen) atoms. The van der Waals surface area contributed by atoms with Gasteiger partial charge in [0.15, 0.2) is 0 Å². The van der Waals surface area contributed by atoms with E-state index >= 15 is 0 Å². The Balaban J connectivity index is 1.06. The molecule has 0 amide bonds. The van der Waals surface area contributed by atoms with Crippen LogP contribution in [0.4, 0.5) is 11.4 Å². The van der Waals surface area contributed by atoms with Gasteiger partial charge in [0.25, 0.3) is 0 Å². The second-order valence-corrected chi connectivity index (χ2v) is 14.5. The summed E-state index contributed by atoms with van der Waals surface area (Å²) in [6.07, 6.45) is 11.7. The summed E-state index contributed by atoms with van der Waals surface area (Å²) in [6.45, 7) is 0. The van der Waals surface area contributed by atoms with Gasteiger partial charge in [0.1, 0.15) is 0 Å². The first-order valence-corrected chi connectivity index (χ1v) is 19.3. The van der Waals surface area contributed by atoms with Crippen LogP contribution < -0.4 is 10.4 Å². The van der Waals surface area contributed by atoms with Gasteiger partial charge in [0, 0.05) is 20.3 Å². The minimum Gasteiger partial charge on any atom is -0.386 e. The highest BCUT2D eigenvalue weighted by atomic mass is 16.5. The van der Waals surface area contributed by atoms with Crippen molar-refractivity contribution in [1.29, 1.82) is 0 Å². The second-order valence-electron chi connectivity index (χ2n) is 14.5. The SMILES string of the molecule is CNc1ccc(-c2ccc(/C(=C/Cc3ccccc3)N=Cc3ccc(-c4cc5c6ccccc6c6ccccc6c5c5c4C=CCC5)cc3)cc2)cc1N(C)O. The van der Waals surface area contributed by atoms with Crippen LogP contribution in [0.3, 0.4) is 0 Å². The summed E-state index contributed by atoms with van der Waals surface area (Å²) in [5, 5.41) is 22.5. The van der Waals surface area contributed by atoms with E-state index in [-0.39, 0.29) is 0 Å². The zero-order valence-electron chi connectivity index (χ0n) is 31.7. The van der Waals surface area contributed by atoms with Gasteiger partial charge in [0.05, 0.1) is 17.1 Å². The molecule has 0 saturated carbocycles. The highest BCUT2D eigenvalue weighted by molar-refractivity contribution is 6.27. The van der Waals surface area contributed by atoms with Gasteiger partial charge in [-0.3, -0.25) is 15.3 Å². The number of aryl methyl sites for hydroxylation is 1. The van der Waals surface area contributed by atoms with E-state index in [1.807, 2.05) is 31.5 Å². The molecule has 0 heterocycles. The molecule has 1 aliphatic rings. The van der Waals surface area contributed by atoms with Gasteiger partial charge < -0.3 is 5.32 Å². The van der Waals surface area contributed by atoms with E-state index in [0.29, 0.717) is 5.69 Å². The van der Waals surface area contributed by atoms with Crippen LogP contribution in [0.1, 0.15) is 34.2 Å². The lowest BCUT2D eigenvalue weighted by molar-refractivity contribution is 0.280. The van der Waals surface area contributed by atoms with Crippen LogP contribution in [0.2, 0.25) is 0 Å². The molecule has 0 fully saturated rings. The van der Waals surface area contributed by atoms with Crippen molar-refractivity contribution in [3.63, 3.8) is 0 Å². The summed E-state index contributed by atoms with van der Waals surface area (Å²) in [4.78, 5) is 5.10. The van der Waals surface area contributed by atoms with Gasteiger partial charge >= 0.3 is 0 Å². The van der Waals surface area contributed by atoms with Crippen LogP contribution in [0, 0.1) is 0 Å². The minimum atomic E-state index is 0.715. The van der Waals surface area contributed by atoms with E-state index in [0.717, 1.165) is 58.0 Å². The number of fused-ring (bicyclic) bond motifs is 8. The second kappa shape index (κ2) is 15.2. The van der Waals surface area contributed by atoms with Crippen molar-refractivity contribution in [1.82, 2.24) is 0 Å². The van der Waals surface area contributed by atoms with Crippen molar-refractivity contribution >= 4 is 61.7 Å². The lowest BCUT2D eigenvalue weighted by Gasteiger charge is -2.21. The Labute approximate surface area is 328 Å². The molecule has 4 nitrogen and oxygen atoms in total. The predicted octanol–water partition coefficient (Wildman–Crippen LogP) is 13.0. The van der Waals surface area contributed by atoms with Gasteiger partial charge in [-0.2, -0.15) is 0 Å². The first-order chi connectivity index (χ1) is 27.6. The topological polar surface area (TPSA) is 47.9 Å². The molecule has 8 aromatic carbocycles. The maximum absolute atomic E-state index is 10.2. The molecular formula is C52H43N3O. The molecular weight excluding hydrogens is 683 g/mol. The predicted molar refractivity (Wildman–Crippen MR) is 239 cm³/mol. The number of aliphatic imine (C=N–C) groups is 1. The van der Waals surface area contributed by atoms with Crippen molar-refractivity contribution in [3.05, 3.63) is 192 Å². The lowest BCUT2D eigenvalue weighted by atomic mass is 9.82. The third-order valence-corrected chi connectivity index (χ3v) is 11.1. The van der Waals surface area contributed by atoms with E-state index in [1.54, 1.807) is 7.05 Å². The minimum absolute atomic E-state index is 0.715. The van der Waals surface area contributed by atoms with Crippen molar-refractivity contribution < 1.29 is 5.21 Å². The summed E-state index contributed by atoms with van der Waals surface area (Å²) in [5.41, 5.74) is 13.2. The number of hydrogen-bond acceptors (Lipinski definition) is 4. The normalized spacial score (nSPS) is 12.8. The highest BCUT2D eigenvalue weighted by Crippen LogP contribution is 2.43. The highest BCUT2D eigenvalue weighted by Gasteiger charge is 2.19. The van der Waals surface area contributed by atoms with E-state index in [4.69, 9.17) is 4.99 Å². The number of nitrogens with one attached hydrogen (secondary N) is 1. The third kappa shape index (κ3) is 6.65. The molecule has 2 N–H and O–H groups in total. The number of benzene rings is 8. The average Bonchev–Trinajstić information content (AvgIpc) is 3.26. The molecule has 1 aliphatic carbocycles. The van der Waals surface area contributed by atoms with Gasteiger partial charge in [0.2, 0.25) is 0 Å². The fraction of sp³-hybridized carbons (Fsp3) is 0.0962. The van der Waals surface area contributed by atoms with Crippen molar-refractivity contribution in [3.8, 4) is 22.3 Å². The Morgan fingerprint density at radius 3 is 2.05 bits per heavy atom. The van der Waals surface area contributed by atoms with Crippen LogP contribution in [0.5, 0.6) is 0 Å². The summed E-state index contributed by atoms with van der Waals surface area (Å²) in [7, 11) is 3.49. The molecule has 0 saturated heterocycles. The number of anilines is 2. The molecule has 272 valence electrons. The monoisotopic (exact) mass is 725 g/mol. The summed E-state index contributed by atoms with van der Waals surface area (Å²) in [5.74, 6) is 0. The van der Waals surface area contributed by atoms with E-state index in [2.05, 4.69) is 157 Å². The molecule has 0 aliphatic heterocycles. The first-order valence-electron chi connectivity index (χ1n) is 19.3. The zero-order valence-corrected chi connectivity index (χ0v) is 31.7. The Morgan fingerprint density at radius 2 is 1.34 bits per heavy atom. The Kier molecular flexibility index (Phi) is 9.48. The Morgan fingerprint density at radius 1 is 0.696 bits per heavy atom. The standard InChI is InChI=1S/C52H43N3O/c1-53-50-31-29-40(32-51(50)55(2)56)37-25-27-39(28-26-37)49(30-22-35-12-4-3-5-13-35)54-34-36-20-23-38(24-21-36)47-33-48-43-16-7-6-14-41(43)42-15-8-10-18-45(42)52(48)46-19-11-9-17-44(46)47/h3-10,12-18,20-21,23-34,53,56H,11,19,22H2,1-2H3/b49-30-,54-34?. The molecule has 0 radical (unpaired) electrons. The smallest absolute Gasteiger partial charge is 0.0868 e. The van der Waals surface area contributed by atoms with Crippen molar-refractivity contribution in [2.45, 2.75) is 19.3 Å². The van der Waals surface area contributed by atoms with Crippen LogP contribution >= 0.6 is 0 Å². The van der Waals surface area contributed by atoms with E-state index in [9.17, 15) is 5.21 Å². The van der Waals surface area contributed by atoms with Crippen LogP contribution in [-0.4, -0.2) is 25.5 Å². The summed E-state index contributed by atoms with van der Waals surface area (Å²) in [6, 6.07) is 54.1. The zero-order chi connectivity index (χ0) is 38.0. The van der Waals surface area contributed by atoms with Crippen LogP contribution in [0.15, 0.2) is 169 Å². The Bertz CT molecular complexity index is 2810. The lowest BCUT2D eigenvalue weighted by Crippen LogP contribution is -2.12.